The molecule has 1 saturated heterocycles. The normalized spacial score (nSPS) is 17.9. The van der Waals surface area contributed by atoms with E-state index in [9.17, 15) is 14.4 Å². The Balaban J connectivity index is 2.22. The van der Waals surface area contributed by atoms with Crippen LogP contribution in [0.2, 0.25) is 0 Å². The molecule has 1 aromatic rings. The molecule has 0 atom stereocenters. The molecule has 0 saturated carbocycles. The van der Waals surface area contributed by atoms with Crippen molar-refractivity contribution >= 4 is 29.4 Å². The lowest BCUT2D eigenvalue weighted by molar-refractivity contribution is -0.123. The molecular weight excluding hydrogens is 248 g/mol. The average Bonchev–Trinajstić information content (AvgIpc) is 2.67. The highest BCUT2D eigenvalue weighted by Crippen LogP contribution is 2.30. The summed E-state index contributed by atoms with van der Waals surface area (Å²) in [5, 5.41) is 4.01. The minimum absolute atomic E-state index is 0.176. The van der Waals surface area contributed by atoms with Crippen molar-refractivity contribution in [2.75, 3.05) is 0 Å². The molecule has 2 aliphatic rings. The molecule has 0 spiro atoms. The van der Waals surface area contributed by atoms with Crippen LogP contribution in [0.25, 0.3) is 5.70 Å². The zero-order valence-electron chi connectivity index (χ0n) is 9.56. The van der Waals surface area contributed by atoms with Crippen LogP contribution in [-0.2, 0) is 9.59 Å². The van der Waals surface area contributed by atoms with E-state index in [-0.39, 0.29) is 17.1 Å². The number of nitrogens with one attached hydrogen (secondary N) is 2. The van der Waals surface area contributed by atoms with Crippen molar-refractivity contribution in [3.8, 4) is 0 Å². The van der Waals surface area contributed by atoms with E-state index in [0.717, 1.165) is 0 Å². The van der Waals surface area contributed by atoms with E-state index in [4.69, 9.17) is 5.73 Å². The number of benzene rings is 1. The number of barbiturate groups is 1. The highest BCUT2D eigenvalue weighted by Gasteiger charge is 2.34. The molecule has 2 heterocycles. The maximum Gasteiger partial charge on any atom is 0.328 e. The van der Waals surface area contributed by atoms with Gasteiger partial charge in [-0.2, -0.15) is 0 Å². The first-order chi connectivity index (χ1) is 9.08. The van der Waals surface area contributed by atoms with Gasteiger partial charge in [-0.25, -0.2) is 9.79 Å². The van der Waals surface area contributed by atoms with Crippen molar-refractivity contribution in [3.63, 3.8) is 0 Å². The summed E-state index contributed by atoms with van der Waals surface area (Å²) in [4.78, 5) is 38.6. The van der Waals surface area contributed by atoms with Crippen molar-refractivity contribution in [1.82, 2.24) is 10.6 Å². The Kier molecular flexibility index (Phi) is 2.21. The zero-order valence-corrected chi connectivity index (χ0v) is 9.56. The van der Waals surface area contributed by atoms with Crippen LogP contribution < -0.4 is 16.4 Å². The highest BCUT2D eigenvalue weighted by molar-refractivity contribution is 6.33. The van der Waals surface area contributed by atoms with Crippen LogP contribution in [0, 0.1) is 0 Å². The zero-order chi connectivity index (χ0) is 13.6. The monoisotopic (exact) mass is 256 g/mol. The number of fused-ring (bicyclic) bond motifs is 1. The Morgan fingerprint density at radius 1 is 0.947 bits per heavy atom. The van der Waals surface area contributed by atoms with Gasteiger partial charge >= 0.3 is 6.03 Å². The maximum atomic E-state index is 11.8. The molecule has 1 aromatic carbocycles. The van der Waals surface area contributed by atoms with Gasteiger partial charge in [-0.05, 0) is 0 Å². The average molecular weight is 256 g/mol. The minimum Gasteiger partial charge on any atom is -0.383 e. The van der Waals surface area contributed by atoms with E-state index in [1.54, 1.807) is 24.3 Å². The third kappa shape index (κ3) is 1.60. The number of hydrogen-bond donors (Lipinski definition) is 3. The van der Waals surface area contributed by atoms with E-state index in [1.165, 1.54) is 0 Å². The summed E-state index contributed by atoms with van der Waals surface area (Å²) >= 11 is 0. The fourth-order valence-corrected chi connectivity index (χ4v) is 2.03. The van der Waals surface area contributed by atoms with Crippen LogP contribution in [0.4, 0.5) is 4.79 Å². The Hall–Kier alpha value is -2.96. The van der Waals surface area contributed by atoms with E-state index >= 15 is 0 Å². The van der Waals surface area contributed by atoms with Crippen molar-refractivity contribution in [2.24, 2.45) is 10.7 Å². The summed E-state index contributed by atoms with van der Waals surface area (Å²) in [5.41, 5.74) is 6.96. The Morgan fingerprint density at radius 3 is 2.16 bits per heavy atom. The topological polar surface area (TPSA) is 114 Å². The lowest BCUT2D eigenvalue weighted by Crippen LogP contribution is -2.51. The first-order valence-electron chi connectivity index (χ1n) is 5.43. The number of nitrogens with two attached hydrogens (primary N) is 1. The first-order valence-corrected chi connectivity index (χ1v) is 5.43. The predicted molar refractivity (Wildman–Crippen MR) is 65.8 cm³/mol. The van der Waals surface area contributed by atoms with Crippen molar-refractivity contribution in [3.05, 3.63) is 41.0 Å². The van der Waals surface area contributed by atoms with E-state index in [0.29, 0.717) is 11.1 Å². The van der Waals surface area contributed by atoms with Crippen LogP contribution in [-0.4, -0.2) is 23.7 Å². The van der Waals surface area contributed by atoms with E-state index < -0.39 is 17.8 Å². The first kappa shape index (κ1) is 11.1. The smallest absolute Gasteiger partial charge is 0.328 e. The van der Waals surface area contributed by atoms with Gasteiger partial charge in [0.1, 0.15) is 11.4 Å². The maximum absolute atomic E-state index is 11.8. The summed E-state index contributed by atoms with van der Waals surface area (Å²) in [6.45, 7) is 0. The van der Waals surface area contributed by atoms with Crippen molar-refractivity contribution < 1.29 is 14.4 Å². The number of amidine groups is 1. The number of amides is 4. The number of rotatable bonds is 0. The molecule has 94 valence electrons. The molecule has 4 amide bonds. The van der Waals surface area contributed by atoms with Crippen LogP contribution in [0.3, 0.4) is 0 Å². The molecule has 0 radical (unpaired) electrons. The van der Waals surface area contributed by atoms with Crippen molar-refractivity contribution in [2.45, 2.75) is 0 Å². The highest BCUT2D eigenvalue weighted by atomic mass is 16.2. The fraction of sp³-hybridized carbons (Fsp3) is 0. The number of carbonyl (C=O) groups excluding carboxylic acids is 3. The number of aliphatic imine (C=N–C) groups is 1. The minimum atomic E-state index is -0.845. The molecule has 0 aromatic heterocycles. The molecule has 1 fully saturated rings. The van der Waals surface area contributed by atoms with Gasteiger partial charge in [0.2, 0.25) is 0 Å². The summed E-state index contributed by atoms with van der Waals surface area (Å²) in [5.74, 6) is -1.33. The van der Waals surface area contributed by atoms with Gasteiger partial charge in [0.15, 0.2) is 0 Å². The second-order valence-electron chi connectivity index (χ2n) is 4.00. The largest absolute Gasteiger partial charge is 0.383 e. The summed E-state index contributed by atoms with van der Waals surface area (Å²) in [7, 11) is 0. The lowest BCUT2D eigenvalue weighted by Gasteiger charge is -2.15. The number of imide groups is 2. The van der Waals surface area contributed by atoms with E-state index in [2.05, 4.69) is 4.99 Å². The van der Waals surface area contributed by atoms with E-state index in [1.807, 2.05) is 10.6 Å². The fourth-order valence-electron chi connectivity index (χ4n) is 2.03. The second-order valence-corrected chi connectivity index (χ2v) is 4.00. The van der Waals surface area contributed by atoms with Crippen LogP contribution in [0.5, 0.6) is 0 Å². The molecule has 7 heteroatoms. The number of hydrogen-bond acceptors (Lipinski definition) is 5. The molecule has 3 rings (SSSR count). The predicted octanol–water partition coefficient (Wildman–Crippen LogP) is -0.517. The summed E-state index contributed by atoms with van der Waals surface area (Å²) in [6, 6.07) is 6.13. The molecule has 2 aliphatic heterocycles. The van der Waals surface area contributed by atoms with Gasteiger partial charge < -0.3 is 5.73 Å². The molecule has 0 unspecified atom stereocenters. The summed E-state index contributed by atoms with van der Waals surface area (Å²) in [6.07, 6.45) is 0. The Labute approximate surface area is 107 Å². The quantitative estimate of drug-likeness (QED) is 0.428. The van der Waals surface area contributed by atoms with Crippen LogP contribution in [0.15, 0.2) is 34.8 Å². The molecule has 7 nitrogen and oxygen atoms in total. The second kappa shape index (κ2) is 3.77. The number of nitrogens with zero attached hydrogens (tertiary/aromatic N) is 1. The van der Waals surface area contributed by atoms with Crippen LogP contribution in [0.1, 0.15) is 11.1 Å². The van der Waals surface area contributed by atoms with Gasteiger partial charge in [-0.3, -0.25) is 20.2 Å². The Bertz CT molecular complexity index is 681. The SMILES string of the molecule is NC1=NC(=C2C(=O)NC(=O)NC2=O)c2ccccc21. The van der Waals surface area contributed by atoms with Gasteiger partial charge in [0, 0.05) is 11.1 Å². The summed E-state index contributed by atoms with van der Waals surface area (Å²) < 4.78 is 0. The standard InChI is InChI=1S/C12H8N4O3/c13-9-6-4-2-1-3-5(6)8(14-9)7-10(17)15-12(19)16-11(7)18/h1-4H,(H2,13,14)(H2,15,16,17,18,19). The molecule has 4 N–H and O–H groups in total. The van der Waals surface area contributed by atoms with Gasteiger partial charge in [-0.1, -0.05) is 24.3 Å². The third-order valence-electron chi connectivity index (χ3n) is 2.84. The number of carbonyl (C=O) groups is 3. The molecule has 19 heavy (non-hydrogen) atoms. The molecule has 0 bridgehead atoms. The molecular formula is C12H8N4O3. The van der Waals surface area contributed by atoms with Crippen molar-refractivity contribution in [1.29, 1.82) is 0 Å². The third-order valence-corrected chi connectivity index (χ3v) is 2.84. The van der Waals surface area contributed by atoms with Gasteiger partial charge in [-0.15, -0.1) is 0 Å². The molecule has 0 aliphatic carbocycles. The van der Waals surface area contributed by atoms with Crippen LogP contribution >= 0.6 is 0 Å². The Morgan fingerprint density at radius 2 is 1.53 bits per heavy atom. The number of urea groups is 1. The van der Waals surface area contributed by atoms with Gasteiger partial charge in [0.25, 0.3) is 11.8 Å². The van der Waals surface area contributed by atoms with Gasteiger partial charge in [0.05, 0.1) is 5.70 Å². The lowest BCUT2D eigenvalue weighted by atomic mass is 10.0.